The second-order valence-electron chi connectivity index (χ2n) is 6.23. The molecule has 1 atom stereocenters. The molecule has 0 aliphatic heterocycles. The summed E-state index contributed by atoms with van der Waals surface area (Å²) in [5.41, 5.74) is 8.66. The van der Waals surface area contributed by atoms with E-state index >= 15 is 0 Å². The SMILES string of the molecule is CC(Nc1ncnc(N)c1C#N)c1cc2c(F)cccn2c1-c1ccccn1. The number of nitrogens with one attached hydrogen (secondary N) is 1. The standard InChI is InChI=1S/C20H16FN7/c1-12(27-20-14(10-22)19(23)25-11-26-20)13-9-17-15(21)5-4-8-28(17)18(13)16-6-2-3-7-24-16/h2-9,11-12H,1H3,(H3,23,25,26,27). The number of nitrogens with zero attached hydrogens (tertiary/aromatic N) is 5. The van der Waals surface area contributed by atoms with Crippen LogP contribution in [0.5, 0.6) is 0 Å². The third kappa shape index (κ3) is 2.89. The minimum absolute atomic E-state index is 0.102. The maximum absolute atomic E-state index is 14.4. The summed E-state index contributed by atoms with van der Waals surface area (Å²) < 4.78 is 16.2. The first-order valence-corrected chi connectivity index (χ1v) is 8.58. The molecule has 3 N–H and O–H groups in total. The first-order chi connectivity index (χ1) is 13.6. The van der Waals surface area contributed by atoms with Crippen LogP contribution in [0.4, 0.5) is 16.0 Å². The summed E-state index contributed by atoms with van der Waals surface area (Å²) in [6.07, 6.45) is 4.78. The molecule has 7 nitrogen and oxygen atoms in total. The van der Waals surface area contributed by atoms with Crippen molar-refractivity contribution in [1.82, 2.24) is 19.4 Å². The van der Waals surface area contributed by atoms with E-state index in [1.54, 1.807) is 28.9 Å². The zero-order valence-electron chi connectivity index (χ0n) is 15.0. The zero-order chi connectivity index (χ0) is 19.7. The van der Waals surface area contributed by atoms with E-state index in [1.165, 1.54) is 12.4 Å². The smallest absolute Gasteiger partial charge is 0.150 e. The second kappa shape index (κ2) is 6.96. The molecule has 8 heteroatoms. The Labute approximate surface area is 160 Å². The molecule has 4 rings (SSSR count). The Kier molecular flexibility index (Phi) is 4.33. The van der Waals surface area contributed by atoms with Gasteiger partial charge in [-0.3, -0.25) is 4.98 Å². The van der Waals surface area contributed by atoms with Gasteiger partial charge in [-0.1, -0.05) is 6.07 Å². The van der Waals surface area contributed by atoms with Crippen LogP contribution in [0.3, 0.4) is 0 Å². The molecule has 4 aromatic rings. The number of halogens is 1. The van der Waals surface area contributed by atoms with Gasteiger partial charge in [0.1, 0.15) is 35.4 Å². The molecule has 0 bridgehead atoms. The third-order valence-corrected chi connectivity index (χ3v) is 4.50. The van der Waals surface area contributed by atoms with E-state index in [2.05, 4.69) is 20.3 Å². The predicted octanol–water partition coefficient (Wildman–Crippen LogP) is 3.56. The van der Waals surface area contributed by atoms with Crippen LogP contribution in [-0.2, 0) is 0 Å². The van der Waals surface area contributed by atoms with Gasteiger partial charge in [0.25, 0.3) is 0 Å². The van der Waals surface area contributed by atoms with Gasteiger partial charge in [-0.15, -0.1) is 0 Å². The fraction of sp³-hybridized carbons (Fsp3) is 0.100. The normalized spacial score (nSPS) is 11.9. The molecule has 0 aliphatic carbocycles. The van der Waals surface area contributed by atoms with Gasteiger partial charge in [-0.05, 0) is 37.3 Å². The molecule has 1 unspecified atom stereocenters. The van der Waals surface area contributed by atoms with Crippen LogP contribution in [0.1, 0.15) is 24.1 Å². The molecule has 4 heterocycles. The molecule has 0 aliphatic rings. The predicted molar refractivity (Wildman–Crippen MR) is 104 cm³/mol. The van der Waals surface area contributed by atoms with Crippen LogP contribution in [-0.4, -0.2) is 19.4 Å². The van der Waals surface area contributed by atoms with Crippen molar-refractivity contribution >= 4 is 17.2 Å². The molecule has 138 valence electrons. The number of pyridine rings is 2. The average molecular weight is 373 g/mol. The van der Waals surface area contributed by atoms with Crippen molar-refractivity contribution in [3.63, 3.8) is 0 Å². The minimum Gasteiger partial charge on any atom is -0.382 e. The van der Waals surface area contributed by atoms with Crippen LogP contribution in [0.25, 0.3) is 16.9 Å². The summed E-state index contributed by atoms with van der Waals surface area (Å²) in [6, 6.07) is 12.1. The van der Waals surface area contributed by atoms with Gasteiger partial charge in [-0.25, -0.2) is 14.4 Å². The Morgan fingerprint density at radius 3 is 2.82 bits per heavy atom. The van der Waals surface area contributed by atoms with Crippen LogP contribution < -0.4 is 11.1 Å². The fourth-order valence-electron chi connectivity index (χ4n) is 3.19. The lowest BCUT2D eigenvalue weighted by Gasteiger charge is -2.17. The highest BCUT2D eigenvalue weighted by atomic mass is 19.1. The number of aromatic nitrogens is 4. The summed E-state index contributed by atoms with van der Waals surface area (Å²) in [5.74, 6) is 0.0950. The fourth-order valence-corrected chi connectivity index (χ4v) is 3.19. The summed E-state index contributed by atoms with van der Waals surface area (Å²) >= 11 is 0. The van der Waals surface area contributed by atoms with Crippen LogP contribution >= 0.6 is 0 Å². The van der Waals surface area contributed by atoms with E-state index in [9.17, 15) is 9.65 Å². The highest BCUT2D eigenvalue weighted by Gasteiger charge is 2.21. The van der Waals surface area contributed by atoms with Crippen molar-refractivity contribution in [2.75, 3.05) is 11.1 Å². The molecule has 0 amide bonds. The van der Waals surface area contributed by atoms with Crippen molar-refractivity contribution in [2.24, 2.45) is 0 Å². The third-order valence-electron chi connectivity index (χ3n) is 4.50. The van der Waals surface area contributed by atoms with Crippen molar-refractivity contribution in [3.8, 4) is 17.5 Å². The Bertz CT molecular complexity index is 1190. The monoisotopic (exact) mass is 373 g/mol. The largest absolute Gasteiger partial charge is 0.382 e. The summed E-state index contributed by atoms with van der Waals surface area (Å²) in [6.45, 7) is 1.90. The van der Waals surface area contributed by atoms with E-state index < -0.39 is 0 Å². The molecular formula is C20H16FN7. The topological polar surface area (TPSA) is 105 Å². The average Bonchev–Trinajstić information content (AvgIpc) is 3.10. The molecule has 0 radical (unpaired) electrons. The van der Waals surface area contributed by atoms with Gasteiger partial charge < -0.3 is 15.5 Å². The Morgan fingerprint density at radius 2 is 2.07 bits per heavy atom. The number of fused-ring (bicyclic) bond motifs is 1. The minimum atomic E-state index is -0.331. The van der Waals surface area contributed by atoms with Gasteiger partial charge >= 0.3 is 0 Å². The number of rotatable bonds is 4. The van der Waals surface area contributed by atoms with Gasteiger partial charge in [0.15, 0.2) is 0 Å². The number of hydrogen-bond acceptors (Lipinski definition) is 6. The summed E-state index contributed by atoms with van der Waals surface area (Å²) in [4.78, 5) is 12.4. The molecule has 4 aromatic heterocycles. The number of nitriles is 1. The summed E-state index contributed by atoms with van der Waals surface area (Å²) in [7, 11) is 0. The molecule has 0 aromatic carbocycles. The first-order valence-electron chi connectivity index (χ1n) is 8.58. The number of hydrogen-bond donors (Lipinski definition) is 2. The lowest BCUT2D eigenvalue weighted by Crippen LogP contribution is -2.11. The van der Waals surface area contributed by atoms with Gasteiger partial charge in [0, 0.05) is 18.0 Å². The van der Waals surface area contributed by atoms with E-state index in [-0.39, 0.29) is 23.2 Å². The van der Waals surface area contributed by atoms with Crippen LogP contribution in [0.2, 0.25) is 0 Å². The highest BCUT2D eigenvalue weighted by Crippen LogP contribution is 2.33. The van der Waals surface area contributed by atoms with Gasteiger partial charge in [0.05, 0.1) is 22.9 Å². The highest BCUT2D eigenvalue weighted by molar-refractivity contribution is 5.72. The van der Waals surface area contributed by atoms with E-state index in [0.717, 1.165) is 11.3 Å². The van der Waals surface area contributed by atoms with Gasteiger partial charge in [-0.2, -0.15) is 5.26 Å². The number of nitrogens with two attached hydrogens (primary N) is 1. The molecule has 0 saturated carbocycles. The van der Waals surface area contributed by atoms with E-state index in [0.29, 0.717) is 17.0 Å². The molecule has 28 heavy (non-hydrogen) atoms. The molecule has 0 spiro atoms. The maximum Gasteiger partial charge on any atom is 0.150 e. The Morgan fingerprint density at radius 1 is 1.21 bits per heavy atom. The first kappa shape index (κ1) is 17.4. The van der Waals surface area contributed by atoms with Crippen LogP contribution in [0, 0.1) is 17.1 Å². The number of nitrogen functional groups attached to an aromatic ring is 1. The zero-order valence-corrected chi connectivity index (χ0v) is 15.0. The lowest BCUT2D eigenvalue weighted by atomic mass is 10.1. The van der Waals surface area contributed by atoms with Crippen molar-refractivity contribution in [2.45, 2.75) is 13.0 Å². The van der Waals surface area contributed by atoms with Crippen molar-refractivity contribution in [1.29, 1.82) is 5.26 Å². The number of anilines is 2. The van der Waals surface area contributed by atoms with Gasteiger partial charge in [0.2, 0.25) is 0 Å². The molecular weight excluding hydrogens is 357 g/mol. The summed E-state index contributed by atoms with van der Waals surface area (Å²) in [5, 5.41) is 12.5. The maximum atomic E-state index is 14.4. The van der Waals surface area contributed by atoms with Crippen molar-refractivity contribution < 1.29 is 4.39 Å². The molecule has 0 fully saturated rings. The van der Waals surface area contributed by atoms with Crippen molar-refractivity contribution in [3.05, 3.63) is 72.1 Å². The molecule has 0 saturated heterocycles. The Hall–Kier alpha value is -3.99. The Balaban J connectivity index is 1.86. The quantitative estimate of drug-likeness (QED) is 0.567. The van der Waals surface area contributed by atoms with Crippen LogP contribution in [0.15, 0.2) is 55.1 Å². The van der Waals surface area contributed by atoms with E-state index in [1.807, 2.05) is 31.2 Å². The lowest BCUT2D eigenvalue weighted by molar-refractivity contribution is 0.633. The second-order valence-corrected chi connectivity index (χ2v) is 6.23. The van der Waals surface area contributed by atoms with E-state index in [4.69, 9.17) is 5.73 Å².